The molecule has 0 saturated carbocycles. The van der Waals surface area contributed by atoms with Gasteiger partial charge in [0.25, 0.3) is 23.6 Å². The number of carbonyl (C=O) groups is 4. The van der Waals surface area contributed by atoms with Crippen LogP contribution >= 0.6 is 0 Å². The normalized spacial score (nSPS) is 15.0. The summed E-state index contributed by atoms with van der Waals surface area (Å²) in [6.45, 7) is 4.54. The van der Waals surface area contributed by atoms with E-state index in [0.717, 1.165) is 58.7 Å². The van der Waals surface area contributed by atoms with Gasteiger partial charge in [-0.2, -0.15) is 0 Å². The number of fused-ring (bicyclic) bond motifs is 3. The fraction of sp³-hybridized carbons (Fsp3) is 0.245. The standard InChI is InChI=1S/C53H48N2O4/c1-3-5-7-9-29-53(30-10-8-6-4-2)45-31-33(17-21-35-23-27-43-47-37(35)13-11-15-41(47)49(56)54-51(43)58)19-25-39(45)40-26-20-34(32-46(40)53)18-22-36-24-28-44-48-38(36)14-12-16-42(48)50(57)55-52(44)59/h11-28,31-32H,3-10,29-30H2,1-2H3,(H,54,56,58)(H,55,57,59)/b21-17+,22-18+. The minimum Gasteiger partial charge on any atom is -0.288 e. The lowest BCUT2D eigenvalue weighted by atomic mass is 9.70. The van der Waals surface area contributed by atoms with Crippen molar-refractivity contribution in [1.29, 1.82) is 0 Å². The van der Waals surface area contributed by atoms with Gasteiger partial charge in [-0.05, 0) is 92.4 Å². The maximum atomic E-state index is 12.7. The van der Waals surface area contributed by atoms with E-state index in [0.29, 0.717) is 33.0 Å². The smallest absolute Gasteiger partial charge is 0.258 e. The van der Waals surface area contributed by atoms with Crippen LogP contribution in [0, 0.1) is 0 Å². The van der Waals surface area contributed by atoms with Crippen molar-refractivity contribution in [2.24, 2.45) is 0 Å². The monoisotopic (exact) mass is 776 g/mol. The Labute approximate surface area is 345 Å². The molecule has 1 aliphatic carbocycles. The minimum absolute atomic E-state index is 0.137. The van der Waals surface area contributed by atoms with E-state index in [9.17, 15) is 19.2 Å². The summed E-state index contributed by atoms with van der Waals surface area (Å²) in [4.78, 5) is 50.8. The fourth-order valence-corrected chi connectivity index (χ4v) is 9.86. The third kappa shape index (κ3) is 6.70. The van der Waals surface area contributed by atoms with E-state index in [2.05, 4.69) is 85.2 Å². The van der Waals surface area contributed by atoms with Crippen LogP contribution in [-0.4, -0.2) is 23.6 Å². The summed E-state index contributed by atoms with van der Waals surface area (Å²) in [5.74, 6) is -1.43. The molecule has 6 heteroatoms. The van der Waals surface area contributed by atoms with Crippen molar-refractivity contribution in [3.05, 3.63) is 153 Å². The summed E-state index contributed by atoms with van der Waals surface area (Å²) in [7, 11) is 0. The van der Waals surface area contributed by atoms with E-state index in [1.54, 1.807) is 12.1 Å². The maximum Gasteiger partial charge on any atom is 0.258 e. The minimum atomic E-state index is -0.357. The van der Waals surface area contributed by atoms with E-state index >= 15 is 0 Å². The van der Waals surface area contributed by atoms with Crippen LogP contribution in [0.3, 0.4) is 0 Å². The average Bonchev–Trinajstić information content (AvgIpc) is 3.51. The van der Waals surface area contributed by atoms with Gasteiger partial charge in [-0.15, -0.1) is 0 Å². The Morgan fingerprint density at radius 2 is 0.847 bits per heavy atom. The summed E-state index contributed by atoms with van der Waals surface area (Å²) >= 11 is 0. The highest BCUT2D eigenvalue weighted by Crippen LogP contribution is 2.55. The van der Waals surface area contributed by atoms with E-state index in [4.69, 9.17) is 0 Å². The van der Waals surface area contributed by atoms with Gasteiger partial charge in [-0.3, -0.25) is 29.8 Å². The third-order valence-corrected chi connectivity index (χ3v) is 12.8. The van der Waals surface area contributed by atoms with E-state index in [1.165, 1.54) is 60.8 Å². The van der Waals surface area contributed by atoms with E-state index in [1.807, 2.05) is 48.5 Å². The zero-order valence-corrected chi connectivity index (χ0v) is 33.8. The van der Waals surface area contributed by atoms with Crippen molar-refractivity contribution in [2.45, 2.75) is 83.5 Å². The Hall–Kier alpha value is -6.40. The van der Waals surface area contributed by atoms with Crippen LogP contribution in [0.5, 0.6) is 0 Å². The first kappa shape index (κ1) is 38.1. The van der Waals surface area contributed by atoms with E-state index in [-0.39, 0.29) is 29.0 Å². The van der Waals surface area contributed by atoms with Crippen LogP contribution in [0.1, 0.15) is 153 Å². The summed E-state index contributed by atoms with van der Waals surface area (Å²) in [5, 5.41) is 8.14. The zero-order valence-electron chi connectivity index (χ0n) is 33.8. The quantitative estimate of drug-likeness (QED) is 0.0654. The molecule has 59 heavy (non-hydrogen) atoms. The first-order valence-corrected chi connectivity index (χ1v) is 21.3. The Balaban J connectivity index is 1.11. The molecule has 4 amide bonds. The maximum absolute atomic E-state index is 12.7. The predicted octanol–water partition coefficient (Wildman–Crippen LogP) is 12.3. The van der Waals surface area contributed by atoms with Crippen molar-refractivity contribution >= 4 is 69.5 Å². The number of hydrogen-bond acceptors (Lipinski definition) is 4. The van der Waals surface area contributed by atoms with Crippen LogP contribution in [0.2, 0.25) is 0 Å². The Morgan fingerprint density at radius 3 is 1.27 bits per heavy atom. The number of hydrogen-bond donors (Lipinski definition) is 2. The van der Waals surface area contributed by atoms with Gasteiger partial charge < -0.3 is 0 Å². The molecule has 9 rings (SSSR count). The SMILES string of the molecule is CCCCCCC1(CCCCCC)c2cc(/C=C/c3ccc4c5c(cccc35)C(=O)NC4=O)ccc2-c2ccc(/C=C/c3ccc4c5c(cccc35)C(=O)NC4=O)cc21. The molecule has 0 atom stereocenters. The zero-order chi connectivity index (χ0) is 40.7. The number of amides is 4. The number of nitrogens with one attached hydrogen (secondary N) is 2. The summed E-state index contributed by atoms with van der Waals surface area (Å²) in [6.07, 6.45) is 20.3. The molecule has 0 radical (unpaired) electrons. The van der Waals surface area contributed by atoms with Crippen molar-refractivity contribution in [3.63, 3.8) is 0 Å². The molecule has 0 saturated heterocycles. The molecule has 0 bridgehead atoms. The number of benzene rings is 6. The van der Waals surface area contributed by atoms with Crippen LogP contribution < -0.4 is 10.6 Å². The third-order valence-electron chi connectivity index (χ3n) is 12.8. The second-order valence-corrected chi connectivity index (χ2v) is 16.4. The van der Waals surface area contributed by atoms with E-state index < -0.39 is 0 Å². The first-order valence-electron chi connectivity index (χ1n) is 21.3. The molecule has 2 N–H and O–H groups in total. The lowest BCUT2D eigenvalue weighted by Crippen LogP contribution is -2.34. The predicted molar refractivity (Wildman–Crippen MR) is 240 cm³/mol. The number of unbranched alkanes of at least 4 members (excludes halogenated alkanes) is 6. The molecule has 0 spiro atoms. The lowest BCUT2D eigenvalue weighted by molar-refractivity contribution is 0.0828. The van der Waals surface area contributed by atoms with Gasteiger partial charge in [0.15, 0.2) is 0 Å². The van der Waals surface area contributed by atoms with Crippen molar-refractivity contribution in [3.8, 4) is 11.1 Å². The number of rotatable bonds is 14. The number of carbonyl (C=O) groups excluding carboxylic acids is 4. The Bertz CT molecular complexity index is 2560. The second-order valence-electron chi connectivity index (χ2n) is 16.4. The highest BCUT2D eigenvalue weighted by molar-refractivity contribution is 6.27. The van der Waals surface area contributed by atoms with Gasteiger partial charge in [0.1, 0.15) is 0 Å². The highest BCUT2D eigenvalue weighted by atomic mass is 16.2. The summed E-state index contributed by atoms with van der Waals surface area (Å²) < 4.78 is 0. The van der Waals surface area contributed by atoms with Crippen LogP contribution in [0.4, 0.5) is 0 Å². The largest absolute Gasteiger partial charge is 0.288 e. The van der Waals surface area contributed by atoms with Gasteiger partial charge in [0.2, 0.25) is 0 Å². The van der Waals surface area contributed by atoms with Gasteiger partial charge in [-0.25, -0.2) is 0 Å². The van der Waals surface area contributed by atoms with Crippen molar-refractivity contribution < 1.29 is 19.2 Å². The second kappa shape index (κ2) is 15.7. The van der Waals surface area contributed by atoms with Gasteiger partial charge in [-0.1, -0.05) is 162 Å². The molecular weight excluding hydrogens is 729 g/mol. The van der Waals surface area contributed by atoms with Crippen LogP contribution in [-0.2, 0) is 5.41 Å². The van der Waals surface area contributed by atoms with Gasteiger partial charge in [0.05, 0.1) is 0 Å². The highest BCUT2D eigenvalue weighted by Gasteiger charge is 2.42. The molecule has 6 aromatic rings. The lowest BCUT2D eigenvalue weighted by Gasteiger charge is -2.33. The molecular formula is C53H48N2O4. The first-order chi connectivity index (χ1) is 28.8. The molecule has 3 aliphatic rings. The summed E-state index contributed by atoms with van der Waals surface area (Å²) in [5.41, 5.74) is 11.5. The number of imide groups is 2. The molecule has 0 fully saturated rings. The average molecular weight is 777 g/mol. The molecule has 0 aromatic heterocycles. The fourth-order valence-electron chi connectivity index (χ4n) is 9.86. The summed E-state index contributed by atoms with van der Waals surface area (Å²) in [6, 6.07) is 32.7. The molecule has 2 aliphatic heterocycles. The Morgan fingerprint density at radius 1 is 0.441 bits per heavy atom. The van der Waals surface area contributed by atoms with Crippen LogP contribution in [0.25, 0.3) is 57.0 Å². The molecule has 6 nitrogen and oxygen atoms in total. The Kier molecular flexibility index (Phi) is 10.2. The molecule has 294 valence electrons. The van der Waals surface area contributed by atoms with Crippen molar-refractivity contribution in [2.75, 3.05) is 0 Å². The topological polar surface area (TPSA) is 92.3 Å². The van der Waals surface area contributed by atoms with Crippen molar-refractivity contribution in [1.82, 2.24) is 10.6 Å². The molecule has 6 aromatic carbocycles. The molecule has 2 heterocycles. The van der Waals surface area contributed by atoms with Gasteiger partial charge in [0, 0.05) is 38.4 Å². The van der Waals surface area contributed by atoms with Crippen LogP contribution in [0.15, 0.2) is 97.1 Å². The van der Waals surface area contributed by atoms with Gasteiger partial charge >= 0.3 is 0 Å². The molecule has 0 unspecified atom stereocenters.